The van der Waals surface area contributed by atoms with Gasteiger partial charge in [0.2, 0.25) is 0 Å². The molecule has 0 saturated heterocycles. The molecule has 0 atom stereocenters. The molecule has 0 aromatic heterocycles. The van der Waals surface area contributed by atoms with Gasteiger partial charge in [0.1, 0.15) is 23.3 Å². The Hall–Kier alpha value is -3.44. The van der Waals surface area contributed by atoms with Gasteiger partial charge in [0, 0.05) is 24.0 Å². The highest BCUT2D eigenvalue weighted by molar-refractivity contribution is 5.65. The van der Waals surface area contributed by atoms with E-state index in [-0.39, 0.29) is 37.2 Å². The SMILES string of the molecule is CCCCCC1CCC(c2ccc(-c3cc(F)c(CCOCCc4c(F)cc(-c5ccc(C6CCC(CCCCC)CC6)cc5)cc4F)c(F)c3)cc2)CC1. The fraction of sp³-hybridized carbons (Fsp3) is 0.520. The first-order valence-electron chi connectivity index (χ1n) is 21.6. The number of benzene rings is 4. The average molecular weight is 755 g/mol. The minimum Gasteiger partial charge on any atom is -0.381 e. The number of hydrogen-bond donors (Lipinski definition) is 0. The zero-order valence-corrected chi connectivity index (χ0v) is 33.3. The number of ether oxygens (including phenoxy) is 1. The molecule has 6 rings (SSSR count). The Labute approximate surface area is 328 Å². The monoisotopic (exact) mass is 754 g/mol. The van der Waals surface area contributed by atoms with Gasteiger partial charge in [-0.25, -0.2) is 17.6 Å². The predicted octanol–water partition coefficient (Wildman–Crippen LogP) is 15.1. The lowest BCUT2D eigenvalue weighted by atomic mass is 9.77. The zero-order chi connectivity index (χ0) is 38.6. The van der Waals surface area contributed by atoms with E-state index in [0.717, 1.165) is 23.0 Å². The highest BCUT2D eigenvalue weighted by atomic mass is 19.1. The van der Waals surface area contributed by atoms with Crippen LogP contribution in [0.4, 0.5) is 17.6 Å². The minimum atomic E-state index is -0.616. The molecule has 0 aliphatic heterocycles. The van der Waals surface area contributed by atoms with Crippen LogP contribution < -0.4 is 0 Å². The average Bonchev–Trinajstić information content (AvgIpc) is 3.20. The Kier molecular flexibility index (Phi) is 15.5. The molecule has 2 saturated carbocycles. The number of unbranched alkanes of at least 4 members (excludes halogenated alkanes) is 4. The van der Waals surface area contributed by atoms with Crippen molar-refractivity contribution in [2.75, 3.05) is 13.2 Å². The van der Waals surface area contributed by atoms with Crippen LogP contribution in [0.15, 0.2) is 72.8 Å². The van der Waals surface area contributed by atoms with Gasteiger partial charge in [-0.15, -0.1) is 0 Å². The summed E-state index contributed by atoms with van der Waals surface area (Å²) < 4.78 is 66.3. The molecule has 2 fully saturated rings. The highest BCUT2D eigenvalue weighted by Gasteiger charge is 2.24. The van der Waals surface area contributed by atoms with Gasteiger partial charge >= 0.3 is 0 Å². The van der Waals surface area contributed by atoms with E-state index in [4.69, 9.17) is 4.74 Å². The zero-order valence-electron chi connectivity index (χ0n) is 33.3. The Morgan fingerprint density at radius 1 is 0.455 bits per heavy atom. The van der Waals surface area contributed by atoms with Crippen LogP contribution in [0, 0.1) is 35.1 Å². The van der Waals surface area contributed by atoms with Crippen LogP contribution in [-0.2, 0) is 17.6 Å². The maximum absolute atomic E-state index is 15.2. The molecule has 0 unspecified atom stereocenters. The van der Waals surface area contributed by atoms with Gasteiger partial charge in [-0.05, 0) is 133 Å². The summed E-state index contributed by atoms with van der Waals surface area (Å²) in [4.78, 5) is 0. The van der Waals surface area contributed by atoms with Gasteiger partial charge in [0.25, 0.3) is 0 Å². The second-order valence-corrected chi connectivity index (χ2v) is 16.6. The van der Waals surface area contributed by atoms with Gasteiger partial charge in [-0.2, -0.15) is 0 Å². The van der Waals surface area contributed by atoms with Gasteiger partial charge in [0.15, 0.2) is 0 Å². The molecule has 0 radical (unpaired) electrons. The number of rotatable bonds is 18. The van der Waals surface area contributed by atoms with Gasteiger partial charge < -0.3 is 4.74 Å². The smallest absolute Gasteiger partial charge is 0.130 e. The Bertz CT molecular complexity index is 1590. The van der Waals surface area contributed by atoms with E-state index in [0.29, 0.717) is 23.0 Å². The summed E-state index contributed by atoms with van der Waals surface area (Å²) in [5.74, 6) is 0.362. The maximum atomic E-state index is 15.2. The molecule has 55 heavy (non-hydrogen) atoms. The van der Waals surface area contributed by atoms with E-state index < -0.39 is 23.3 Å². The van der Waals surface area contributed by atoms with E-state index in [1.807, 2.05) is 24.3 Å². The first-order valence-corrected chi connectivity index (χ1v) is 21.6. The molecule has 296 valence electrons. The quantitative estimate of drug-likeness (QED) is 0.0726. The van der Waals surface area contributed by atoms with Crippen molar-refractivity contribution in [2.45, 2.75) is 141 Å². The molecule has 0 N–H and O–H groups in total. The highest BCUT2D eigenvalue weighted by Crippen LogP contribution is 2.40. The number of halogens is 4. The van der Waals surface area contributed by atoms with Crippen LogP contribution in [0.1, 0.15) is 151 Å². The lowest BCUT2D eigenvalue weighted by Gasteiger charge is -2.29. The molecule has 0 heterocycles. The van der Waals surface area contributed by atoms with Crippen molar-refractivity contribution in [3.63, 3.8) is 0 Å². The fourth-order valence-corrected chi connectivity index (χ4v) is 9.30. The van der Waals surface area contributed by atoms with Crippen molar-refractivity contribution in [1.82, 2.24) is 0 Å². The molecule has 1 nitrogen and oxygen atoms in total. The van der Waals surface area contributed by atoms with E-state index in [1.165, 1.54) is 138 Å². The van der Waals surface area contributed by atoms with Gasteiger partial charge in [-0.3, -0.25) is 0 Å². The topological polar surface area (TPSA) is 9.23 Å². The molecule has 4 aromatic rings. The van der Waals surface area contributed by atoms with E-state index >= 15 is 17.6 Å². The summed E-state index contributed by atoms with van der Waals surface area (Å²) in [6, 6.07) is 21.9. The van der Waals surface area contributed by atoms with E-state index in [9.17, 15) is 0 Å². The molecule has 0 amide bonds. The predicted molar refractivity (Wildman–Crippen MR) is 219 cm³/mol. The van der Waals surface area contributed by atoms with Crippen LogP contribution in [0.5, 0.6) is 0 Å². The van der Waals surface area contributed by atoms with Crippen LogP contribution in [-0.4, -0.2) is 13.2 Å². The van der Waals surface area contributed by atoms with Gasteiger partial charge in [-0.1, -0.05) is 114 Å². The summed E-state index contributed by atoms with van der Waals surface area (Å²) in [7, 11) is 0. The molecule has 2 aliphatic carbocycles. The Morgan fingerprint density at radius 3 is 1.13 bits per heavy atom. The summed E-state index contributed by atoms with van der Waals surface area (Å²) >= 11 is 0. The summed E-state index contributed by atoms with van der Waals surface area (Å²) in [5.41, 5.74) is 5.12. The third-order valence-electron chi connectivity index (χ3n) is 12.8. The lowest BCUT2D eigenvalue weighted by molar-refractivity contribution is 0.138. The van der Waals surface area contributed by atoms with Gasteiger partial charge in [0.05, 0.1) is 13.2 Å². The summed E-state index contributed by atoms with van der Waals surface area (Å²) in [6.07, 6.45) is 20.6. The largest absolute Gasteiger partial charge is 0.381 e. The van der Waals surface area contributed by atoms with Crippen LogP contribution in [0.25, 0.3) is 22.3 Å². The van der Waals surface area contributed by atoms with Crippen LogP contribution in [0.3, 0.4) is 0 Å². The van der Waals surface area contributed by atoms with Crippen LogP contribution in [0.2, 0.25) is 0 Å². The molecule has 5 heteroatoms. The standard InChI is InChI=1S/C50H62F4O/c1-3-5-7-9-35-11-15-37(16-12-35)39-19-23-41(24-20-39)43-31-47(51)45(48(52)32-43)27-29-55-30-28-46-49(53)33-44(34-50(46)54)42-25-21-40(22-26-42)38-17-13-36(14-18-38)10-8-6-4-2/h19-26,31-38H,3-18,27-30H2,1-2H3. The number of hydrogen-bond acceptors (Lipinski definition) is 1. The lowest BCUT2D eigenvalue weighted by Crippen LogP contribution is -2.13. The molecular formula is C50H62F4O. The molecule has 0 spiro atoms. The molecular weight excluding hydrogens is 693 g/mol. The van der Waals surface area contributed by atoms with Crippen molar-refractivity contribution >= 4 is 0 Å². The van der Waals surface area contributed by atoms with E-state index in [2.05, 4.69) is 38.1 Å². The van der Waals surface area contributed by atoms with E-state index in [1.54, 1.807) is 0 Å². The van der Waals surface area contributed by atoms with Crippen molar-refractivity contribution in [2.24, 2.45) is 11.8 Å². The summed E-state index contributed by atoms with van der Waals surface area (Å²) in [6.45, 7) is 4.58. The van der Waals surface area contributed by atoms with Crippen molar-refractivity contribution < 1.29 is 22.3 Å². The maximum Gasteiger partial charge on any atom is 0.130 e. The van der Waals surface area contributed by atoms with Crippen molar-refractivity contribution in [1.29, 1.82) is 0 Å². The third-order valence-corrected chi connectivity index (χ3v) is 12.8. The first kappa shape index (κ1) is 41.2. The van der Waals surface area contributed by atoms with Crippen molar-refractivity contribution in [3.8, 4) is 22.3 Å². The second-order valence-electron chi connectivity index (χ2n) is 16.6. The van der Waals surface area contributed by atoms with Crippen molar-refractivity contribution in [3.05, 3.63) is 118 Å². The fourth-order valence-electron chi connectivity index (χ4n) is 9.30. The first-order chi connectivity index (χ1) is 26.8. The Morgan fingerprint density at radius 2 is 0.800 bits per heavy atom. The second kappa shape index (κ2) is 20.6. The Balaban J connectivity index is 0.950. The third kappa shape index (κ3) is 11.3. The normalized spacial score (nSPS) is 20.2. The molecule has 2 aliphatic rings. The minimum absolute atomic E-state index is 0.0261. The van der Waals surface area contributed by atoms with Crippen LogP contribution >= 0.6 is 0 Å². The summed E-state index contributed by atoms with van der Waals surface area (Å²) in [5, 5.41) is 0. The molecule has 0 bridgehead atoms. The molecule has 4 aromatic carbocycles.